The van der Waals surface area contributed by atoms with Gasteiger partial charge in [-0.05, 0) is 36.0 Å². The van der Waals surface area contributed by atoms with Crippen LogP contribution in [0.15, 0.2) is 36.5 Å². The number of pyridine rings is 1. The van der Waals surface area contributed by atoms with E-state index in [4.69, 9.17) is 0 Å². The first kappa shape index (κ1) is 13.0. The summed E-state index contributed by atoms with van der Waals surface area (Å²) in [6.07, 6.45) is 2.23. The molecule has 2 heteroatoms. The number of nitrogens with zero attached hydrogens (tertiary/aromatic N) is 1. The molecule has 2 atom stereocenters. The lowest BCUT2D eigenvalue weighted by Crippen LogP contribution is -2.24. The molecule has 0 saturated heterocycles. The molecule has 1 N–H and O–H groups in total. The molecule has 1 heterocycles. The van der Waals surface area contributed by atoms with Gasteiger partial charge in [-0.25, -0.2) is 0 Å². The first-order chi connectivity index (χ1) is 8.59. The molecule has 2 unspecified atom stereocenters. The van der Waals surface area contributed by atoms with Crippen LogP contribution in [-0.4, -0.2) is 16.2 Å². The zero-order valence-corrected chi connectivity index (χ0v) is 11.3. The van der Waals surface area contributed by atoms with Crippen molar-refractivity contribution < 1.29 is 5.11 Å². The van der Waals surface area contributed by atoms with Crippen molar-refractivity contribution in [2.75, 3.05) is 0 Å². The molecule has 1 aromatic heterocycles. The molecule has 2 nitrogen and oxygen atoms in total. The van der Waals surface area contributed by atoms with Crippen LogP contribution in [0.3, 0.4) is 0 Å². The van der Waals surface area contributed by atoms with Gasteiger partial charge in [-0.15, -0.1) is 0 Å². The van der Waals surface area contributed by atoms with Gasteiger partial charge in [-0.3, -0.25) is 4.98 Å². The molecule has 0 spiro atoms. The van der Waals surface area contributed by atoms with Gasteiger partial charge in [-0.2, -0.15) is 0 Å². The summed E-state index contributed by atoms with van der Waals surface area (Å²) in [5.74, 6) is 0.796. The van der Waals surface area contributed by atoms with E-state index in [0.717, 1.165) is 10.9 Å². The van der Waals surface area contributed by atoms with E-state index in [9.17, 15) is 5.11 Å². The Kier molecular flexibility index (Phi) is 3.97. The highest BCUT2D eigenvalue weighted by Gasteiger charge is 2.18. The van der Waals surface area contributed by atoms with E-state index in [1.807, 2.05) is 30.5 Å². The second-order valence-corrected chi connectivity index (χ2v) is 5.36. The number of aliphatic hydroxyl groups is 1. The van der Waals surface area contributed by atoms with Crippen LogP contribution >= 0.6 is 0 Å². The number of aliphatic hydroxyl groups excluding tert-OH is 1. The monoisotopic (exact) mass is 243 g/mol. The standard InChI is InChI=1S/C16H21NO/c1-11(2)12(3)16(18)10-13-8-9-17-15-7-5-4-6-14(13)15/h4-9,11-12,16,18H,10H2,1-3H3. The molecule has 2 rings (SSSR count). The van der Waals surface area contributed by atoms with Crippen LogP contribution in [-0.2, 0) is 6.42 Å². The highest BCUT2D eigenvalue weighted by Crippen LogP contribution is 2.22. The van der Waals surface area contributed by atoms with Crippen LogP contribution < -0.4 is 0 Å². The molecule has 96 valence electrons. The minimum atomic E-state index is -0.296. The van der Waals surface area contributed by atoms with E-state index in [-0.39, 0.29) is 6.10 Å². The third-order valence-electron chi connectivity index (χ3n) is 3.83. The first-order valence-electron chi connectivity index (χ1n) is 6.60. The number of aromatic nitrogens is 1. The lowest BCUT2D eigenvalue weighted by molar-refractivity contribution is 0.0924. The highest BCUT2D eigenvalue weighted by molar-refractivity contribution is 5.81. The topological polar surface area (TPSA) is 33.1 Å². The van der Waals surface area contributed by atoms with Gasteiger partial charge in [0.05, 0.1) is 11.6 Å². The van der Waals surface area contributed by atoms with Crippen LogP contribution in [0.5, 0.6) is 0 Å². The maximum Gasteiger partial charge on any atom is 0.0704 e. The van der Waals surface area contributed by atoms with Crippen molar-refractivity contribution in [1.82, 2.24) is 4.98 Å². The van der Waals surface area contributed by atoms with Gasteiger partial charge in [0.1, 0.15) is 0 Å². The van der Waals surface area contributed by atoms with Crippen LogP contribution in [0.4, 0.5) is 0 Å². The Labute approximate surface area is 109 Å². The molecule has 0 amide bonds. The second kappa shape index (κ2) is 5.49. The number of hydrogen-bond donors (Lipinski definition) is 1. The summed E-state index contributed by atoms with van der Waals surface area (Å²) in [7, 11) is 0. The Morgan fingerprint density at radius 1 is 1.11 bits per heavy atom. The maximum atomic E-state index is 10.3. The van der Waals surface area contributed by atoms with Crippen molar-refractivity contribution in [3.8, 4) is 0 Å². The molecule has 0 bridgehead atoms. The SMILES string of the molecule is CC(C)C(C)C(O)Cc1ccnc2ccccc12. The summed E-state index contributed by atoms with van der Waals surface area (Å²) in [4.78, 5) is 4.35. The fourth-order valence-corrected chi connectivity index (χ4v) is 2.19. The molecule has 0 saturated carbocycles. The predicted molar refractivity (Wildman–Crippen MR) is 75.5 cm³/mol. The zero-order chi connectivity index (χ0) is 13.1. The van der Waals surface area contributed by atoms with E-state index in [1.54, 1.807) is 0 Å². The normalized spacial score (nSPS) is 14.9. The number of benzene rings is 1. The van der Waals surface area contributed by atoms with Crippen molar-refractivity contribution in [2.24, 2.45) is 11.8 Å². The van der Waals surface area contributed by atoms with E-state index in [2.05, 4.69) is 31.8 Å². The van der Waals surface area contributed by atoms with Crippen LogP contribution in [0.2, 0.25) is 0 Å². The first-order valence-corrected chi connectivity index (χ1v) is 6.60. The maximum absolute atomic E-state index is 10.3. The lowest BCUT2D eigenvalue weighted by Gasteiger charge is -2.22. The number of fused-ring (bicyclic) bond motifs is 1. The van der Waals surface area contributed by atoms with Crippen molar-refractivity contribution >= 4 is 10.9 Å². The van der Waals surface area contributed by atoms with Crippen LogP contribution in [0.25, 0.3) is 10.9 Å². The lowest BCUT2D eigenvalue weighted by atomic mass is 9.88. The summed E-state index contributed by atoms with van der Waals surface area (Å²) >= 11 is 0. The Morgan fingerprint density at radius 3 is 2.56 bits per heavy atom. The summed E-state index contributed by atoms with van der Waals surface area (Å²) < 4.78 is 0. The van der Waals surface area contributed by atoms with Gasteiger partial charge in [-0.1, -0.05) is 39.0 Å². The Bertz CT molecular complexity index is 516. The largest absolute Gasteiger partial charge is 0.392 e. The van der Waals surface area contributed by atoms with Gasteiger partial charge in [0, 0.05) is 11.6 Å². The quantitative estimate of drug-likeness (QED) is 0.892. The third kappa shape index (κ3) is 2.70. The highest BCUT2D eigenvalue weighted by atomic mass is 16.3. The molecule has 2 aromatic rings. The van der Waals surface area contributed by atoms with Gasteiger partial charge < -0.3 is 5.11 Å². The minimum Gasteiger partial charge on any atom is -0.392 e. The van der Waals surface area contributed by atoms with Crippen LogP contribution in [0.1, 0.15) is 26.3 Å². The van der Waals surface area contributed by atoms with Gasteiger partial charge in [0.15, 0.2) is 0 Å². The number of hydrogen-bond acceptors (Lipinski definition) is 2. The summed E-state index contributed by atoms with van der Waals surface area (Å²) in [6.45, 7) is 6.41. The minimum absolute atomic E-state index is 0.296. The number of para-hydroxylation sites is 1. The Morgan fingerprint density at radius 2 is 1.83 bits per heavy atom. The van der Waals surface area contributed by atoms with E-state index >= 15 is 0 Å². The van der Waals surface area contributed by atoms with E-state index in [0.29, 0.717) is 18.3 Å². The second-order valence-electron chi connectivity index (χ2n) is 5.36. The predicted octanol–water partition coefficient (Wildman–Crippen LogP) is 3.43. The van der Waals surface area contributed by atoms with Crippen LogP contribution in [0, 0.1) is 11.8 Å². The molecule has 0 aliphatic heterocycles. The van der Waals surface area contributed by atoms with E-state index < -0.39 is 0 Å². The number of rotatable bonds is 4. The molecule has 0 radical (unpaired) electrons. The summed E-state index contributed by atoms with van der Waals surface area (Å²) in [6, 6.07) is 10.1. The van der Waals surface area contributed by atoms with Gasteiger partial charge in [0.2, 0.25) is 0 Å². The van der Waals surface area contributed by atoms with Gasteiger partial charge in [0.25, 0.3) is 0 Å². The van der Waals surface area contributed by atoms with Crippen molar-refractivity contribution in [1.29, 1.82) is 0 Å². The fraction of sp³-hybridized carbons (Fsp3) is 0.438. The average Bonchev–Trinajstić information content (AvgIpc) is 2.38. The average molecular weight is 243 g/mol. The third-order valence-corrected chi connectivity index (χ3v) is 3.83. The zero-order valence-electron chi connectivity index (χ0n) is 11.3. The van der Waals surface area contributed by atoms with Crippen molar-refractivity contribution in [2.45, 2.75) is 33.3 Å². The van der Waals surface area contributed by atoms with E-state index in [1.165, 1.54) is 5.56 Å². The Balaban J connectivity index is 2.27. The Hall–Kier alpha value is -1.41. The molecule has 1 aromatic carbocycles. The molecule has 18 heavy (non-hydrogen) atoms. The summed E-state index contributed by atoms with van der Waals surface area (Å²) in [5.41, 5.74) is 2.18. The fourth-order valence-electron chi connectivity index (χ4n) is 2.19. The molecular weight excluding hydrogens is 222 g/mol. The van der Waals surface area contributed by atoms with Gasteiger partial charge >= 0.3 is 0 Å². The van der Waals surface area contributed by atoms with Crippen molar-refractivity contribution in [3.63, 3.8) is 0 Å². The van der Waals surface area contributed by atoms with Crippen molar-refractivity contribution in [3.05, 3.63) is 42.1 Å². The molecule has 0 aliphatic rings. The summed E-state index contributed by atoms with van der Waals surface area (Å²) in [5, 5.41) is 11.4. The molecule has 0 aliphatic carbocycles. The molecule has 0 fully saturated rings. The smallest absolute Gasteiger partial charge is 0.0704 e. The molecular formula is C16H21NO.